The second-order valence-corrected chi connectivity index (χ2v) is 8.80. The van der Waals surface area contributed by atoms with Gasteiger partial charge in [0.25, 0.3) is 0 Å². The smallest absolute Gasteiger partial charge is 0.221 e. The fourth-order valence-electron chi connectivity index (χ4n) is 2.17. The van der Waals surface area contributed by atoms with Crippen molar-refractivity contribution in [3.8, 4) is 5.69 Å². The summed E-state index contributed by atoms with van der Waals surface area (Å²) in [5.41, 5.74) is 0.949. The highest BCUT2D eigenvalue weighted by Gasteiger charge is 2.15. The van der Waals surface area contributed by atoms with E-state index in [4.69, 9.17) is 0 Å². The van der Waals surface area contributed by atoms with Crippen molar-refractivity contribution in [1.29, 1.82) is 0 Å². The Morgan fingerprint density at radius 2 is 1.87 bits per heavy atom. The Balaban J connectivity index is 1.80. The lowest BCUT2D eigenvalue weighted by molar-refractivity contribution is 0.761. The van der Waals surface area contributed by atoms with Gasteiger partial charge in [-0.1, -0.05) is 47.7 Å². The molecule has 2 aromatic carbocycles. The molecule has 0 saturated heterocycles. The van der Waals surface area contributed by atoms with Gasteiger partial charge in [-0.3, -0.25) is 0 Å². The van der Waals surface area contributed by atoms with E-state index in [2.05, 4.69) is 70.6 Å². The lowest BCUT2D eigenvalue weighted by atomic mass is 10.1. The van der Waals surface area contributed by atoms with Crippen molar-refractivity contribution in [2.75, 3.05) is 0 Å². The van der Waals surface area contributed by atoms with Crippen molar-refractivity contribution in [2.24, 2.45) is 0 Å². The van der Waals surface area contributed by atoms with Gasteiger partial charge in [-0.2, -0.15) is 4.68 Å². The predicted molar refractivity (Wildman–Crippen MR) is 98.3 cm³/mol. The van der Waals surface area contributed by atoms with Crippen LogP contribution < -0.4 is 0 Å². The quantitative estimate of drug-likeness (QED) is 0.425. The van der Waals surface area contributed by atoms with Crippen LogP contribution in [0.5, 0.6) is 0 Å². The van der Waals surface area contributed by atoms with Gasteiger partial charge in [0.05, 0.1) is 5.69 Å². The molecule has 5 nitrogen and oxygen atoms in total. The van der Waals surface area contributed by atoms with Gasteiger partial charge in [-0.25, -0.2) is 4.98 Å². The number of nitrogens with zero attached hydrogens (tertiary/aromatic N) is 5. The first kappa shape index (κ1) is 15.3. The van der Waals surface area contributed by atoms with Crippen LogP contribution in [0, 0.1) is 0 Å². The molecule has 114 valence electrons. The highest BCUT2D eigenvalue weighted by Crippen LogP contribution is 2.37. The number of fused-ring (bicyclic) bond motifs is 1. The van der Waals surface area contributed by atoms with E-state index in [9.17, 15) is 0 Å². The molecule has 0 aliphatic carbocycles. The zero-order valence-electron chi connectivity index (χ0n) is 11.3. The molecule has 0 radical (unpaired) electrons. The Morgan fingerprint density at radius 3 is 2.70 bits per heavy atom. The van der Waals surface area contributed by atoms with Gasteiger partial charge < -0.3 is 0 Å². The topological polar surface area (TPSA) is 56.5 Å². The van der Waals surface area contributed by atoms with E-state index < -0.39 is 0 Å². The molecule has 0 aliphatic rings. The summed E-state index contributed by atoms with van der Waals surface area (Å²) >= 11 is 9.82. The number of benzene rings is 2. The number of tetrazole rings is 1. The van der Waals surface area contributed by atoms with Gasteiger partial charge in [0, 0.05) is 5.39 Å². The number of hydrogen-bond acceptors (Lipinski definition) is 6. The standard InChI is InChI=1S/C14H7Br2N5S2/c15-11-12(16)22-14(17-11)23-13-18-19-20-21(13)10-7-3-5-8-4-1-2-6-9(8)10/h1-7H. The van der Waals surface area contributed by atoms with Gasteiger partial charge in [0.1, 0.15) is 8.39 Å². The summed E-state index contributed by atoms with van der Waals surface area (Å²) in [5.74, 6) is 0. The van der Waals surface area contributed by atoms with Crippen molar-refractivity contribution < 1.29 is 0 Å². The van der Waals surface area contributed by atoms with Crippen molar-refractivity contribution in [2.45, 2.75) is 9.50 Å². The fraction of sp³-hybridized carbons (Fsp3) is 0. The maximum atomic E-state index is 4.42. The van der Waals surface area contributed by atoms with Crippen LogP contribution in [0.15, 0.2) is 60.4 Å². The van der Waals surface area contributed by atoms with Gasteiger partial charge >= 0.3 is 0 Å². The lowest BCUT2D eigenvalue weighted by Gasteiger charge is -2.07. The first-order chi connectivity index (χ1) is 11.2. The summed E-state index contributed by atoms with van der Waals surface area (Å²) in [6.45, 7) is 0. The second kappa shape index (κ2) is 6.31. The molecule has 4 rings (SSSR count). The van der Waals surface area contributed by atoms with Crippen LogP contribution in [0.1, 0.15) is 0 Å². The molecule has 9 heteroatoms. The molecule has 0 amide bonds. The molecule has 0 spiro atoms. The number of halogens is 2. The summed E-state index contributed by atoms with van der Waals surface area (Å²) < 4.78 is 4.34. The summed E-state index contributed by atoms with van der Waals surface area (Å²) in [7, 11) is 0. The van der Waals surface area contributed by atoms with Crippen LogP contribution in [-0.2, 0) is 0 Å². The van der Waals surface area contributed by atoms with Crippen LogP contribution in [-0.4, -0.2) is 25.2 Å². The van der Waals surface area contributed by atoms with E-state index in [0.29, 0.717) is 5.16 Å². The Kier molecular flexibility index (Phi) is 4.18. The lowest BCUT2D eigenvalue weighted by Crippen LogP contribution is -1.99. The van der Waals surface area contributed by atoms with E-state index in [1.165, 1.54) is 23.1 Å². The SMILES string of the molecule is Brc1nc(Sc2nnnn2-c2cccc3ccccc23)sc1Br. The zero-order valence-corrected chi connectivity index (χ0v) is 16.2. The molecule has 4 aromatic rings. The average Bonchev–Trinajstić information content (AvgIpc) is 3.14. The molecule has 0 fully saturated rings. The zero-order chi connectivity index (χ0) is 15.8. The van der Waals surface area contributed by atoms with Crippen molar-refractivity contribution in [3.05, 3.63) is 50.9 Å². The average molecular weight is 469 g/mol. The third-order valence-corrected chi connectivity index (χ3v) is 7.21. The summed E-state index contributed by atoms with van der Waals surface area (Å²) in [4.78, 5) is 4.42. The van der Waals surface area contributed by atoms with Crippen LogP contribution in [0.25, 0.3) is 16.5 Å². The minimum Gasteiger partial charge on any atom is -0.221 e. The highest BCUT2D eigenvalue weighted by atomic mass is 79.9. The van der Waals surface area contributed by atoms with E-state index in [1.807, 2.05) is 24.3 Å². The maximum absolute atomic E-state index is 4.42. The highest BCUT2D eigenvalue weighted by molar-refractivity contribution is 9.13. The molecule has 23 heavy (non-hydrogen) atoms. The van der Waals surface area contributed by atoms with Crippen LogP contribution >= 0.6 is 55.0 Å². The molecular weight excluding hydrogens is 462 g/mol. The fourth-order valence-corrected chi connectivity index (χ4v) is 5.35. The van der Waals surface area contributed by atoms with Gasteiger partial charge in [0.2, 0.25) is 5.16 Å². The van der Waals surface area contributed by atoms with E-state index in [1.54, 1.807) is 4.68 Å². The molecule has 0 unspecified atom stereocenters. The van der Waals surface area contributed by atoms with Crippen molar-refractivity contribution in [3.63, 3.8) is 0 Å². The molecule has 0 saturated carbocycles. The minimum absolute atomic E-state index is 0.676. The van der Waals surface area contributed by atoms with E-state index in [-0.39, 0.29) is 0 Å². The molecule has 0 N–H and O–H groups in total. The summed E-state index contributed by atoms with van der Waals surface area (Å²) in [6.07, 6.45) is 0. The van der Waals surface area contributed by atoms with Crippen molar-refractivity contribution in [1.82, 2.24) is 25.2 Å². The van der Waals surface area contributed by atoms with Gasteiger partial charge in [-0.05, 0) is 65.5 Å². The summed E-state index contributed by atoms with van der Waals surface area (Å²) in [5, 5.41) is 15.0. The Labute approximate surface area is 156 Å². The van der Waals surface area contributed by atoms with Gasteiger partial charge in [0.15, 0.2) is 4.34 Å². The number of aromatic nitrogens is 5. The summed E-state index contributed by atoms with van der Waals surface area (Å²) in [6, 6.07) is 14.3. The Hall–Kier alpha value is -1.29. The number of hydrogen-bond donors (Lipinski definition) is 0. The van der Waals surface area contributed by atoms with E-state index in [0.717, 1.165) is 29.2 Å². The van der Waals surface area contributed by atoms with Crippen LogP contribution in [0.4, 0.5) is 0 Å². The third kappa shape index (κ3) is 2.93. The second-order valence-electron chi connectivity index (χ2n) is 4.52. The van der Waals surface area contributed by atoms with Gasteiger partial charge in [-0.15, -0.1) is 5.10 Å². The monoisotopic (exact) mass is 467 g/mol. The van der Waals surface area contributed by atoms with Crippen LogP contribution in [0.3, 0.4) is 0 Å². The molecular formula is C14H7Br2N5S2. The number of rotatable bonds is 3. The molecule has 2 heterocycles. The first-order valence-corrected chi connectivity index (χ1v) is 9.70. The minimum atomic E-state index is 0.676. The third-order valence-electron chi connectivity index (χ3n) is 3.14. The maximum Gasteiger partial charge on any atom is 0.221 e. The predicted octanol–water partition coefficient (Wildman–Crippen LogP) is 4.95. The molecule has 0 aliphatic heterocycles. The van der Waals surface area contributed by atoms with E-state index >= 15 is 0 Å². The Morgan fingerprint density at radius 1 is 1.04 bits per heavy atom. The number of thiazole rings is 1. The normalized spacial score (nSPS) is 11.2. The molecule has 2 aromatic heterocycles. The van der Waals surface area contributed by atoms with Crippen LogP contribution in [0.2, 0.25) is 0 Å². The molecule has 0 atom stereocenters. The van der Waals surface area contributed by atoms with Crippen molar-refractivity contribution >= 4 is 65.7 Å². The Bertz CT molecular complexity index is 973. The largest absolute Gasteiger partial charge is 0.221 e. The first-order valence-electron chi connectivity index (χ1n) is 6.48. The molecule has 0 bridgehead atoms.